The van der Waals surface area contributed by atoms with Crippen molar-refractivity contribution in [2.75, 3.05) is 13.2 Å². The van der Waals surface area contributed by atoms with Gasteiger partial charge < -0.3 is 14.9 Å². The number of hydrogen-bond donors (Lipinski definition) is 1. The third-order valence-corrected chi connectivity index (χ3v) is 11.0. The molecule has 0 radical (unpaired) electrons. The molecular weight excluding hydrogens is 392 g/mol. The van der Waals surface area contributed by atoms with Crippen LogP contribution < -0.4 is 5.73 Å². The maximum absolute atomic E-state index is 13.1. The molecular formula is C24H42N2O3Si. The highest BCUT2D eigenvalue weighted by atomic mass is 28.4. The van der Waals surface area contributed by atoms with Crippen LogP contribution in [0.1, 0.15) is 53.5 Å². The summed E-state index contributed by atoms with van der Waals surface area (Å²) in [6, 6.07) is 10.1. The third kappa shape index (κ3) is 6.39. The number of benzene rings is 1. The molecule has 1 unspecified atom stereocenters. The fourth-order valence-corrected chi connectivity index (χ4v) is 4.81. The van der Waals surface area contributed by atoms with Crippen LogP contribution in [0.3, 0.4) is 0 Å². The lowest BCUT2D eigenvalue weighted by Crippen LogP contribution is -2.47. The largest absolute Gasteiger partial charge is 0.459 e. The first-order valence-electron chi connectivity index (χ1n) is 11.1. The third-order valence-electron chi connectivity index (χ3n) is 6.49. The maximum Gasteiger partial charge on any atom is 0.323 e. The normalized spacial score (nSPS) is 23.6. The Balaban J connectivity index is 2.24. The van der Waals surface area contributed by atoms with Crippen molar-refractivity contribution in [1.29, 1.82) is 0 Å². The highest BCUT2D eigenvalue weighted by molar-refractivity contribution is 6.74. The van der Waals surface area contributed by atoms with Crippen LogP contribution in [-0.2, 0) is 20.5 Å². The predicted molar refractivity (Wildman–Crippen MR) is 126 cm³/mol. The molecule has 0 aromatic heterocycles. The fraction of sp³-hybridized carbons (Fsp3) is 0.708. The molecule has 1 aromatic carbocycles. The summed E-state index contributed by atoms with van der Waals surface area (Å²) in [4.78, 5) is 15.3. The molecule has 170 valence electrons. The summed E-state index contributed by atoms with van der Waals surface area (Å²) >= 11 is 0. The zero-order valence-electron chi connectivity index (χ0n) is 20.2. The van der Waals surface area contributed by atoms with Crippen LogP contribution in [0.25, 0.3) is 0 Å². The first kappa shape index (κ1) is 25.1. The Morgan fingerprint density at radius 2 is 1.73 bits per heavy atom. The molecule has 6 heteroatoms. The average Bonchev–Trinajstić information content (AvgIpc) is 2.96. The Kier molecular flexibility index (Phi) is 7.94. The van der Waals surface area contributed by atoms with Gasteiger partial charge in [-0.15, -0.1) is 0 Å². The van der Waals surface area contributed by atoms with Crippen molar-refractivity contribution >= 4 is 14.3 Å². The van der Waals surface area contributed by atoms with Gasteiger partial charge in [0.05, 0.1) is 0 Å². The maximum atomic E-state index is 13.1. The van der Waals surface area contributed by atoms with Crippen molar-refractivity contribution < 1.29 is 14.0 Å². The number of carbonyl (C=O) groups is 1. The molecule has 1 fully saturated rings. The van der Waals surface area contributed by atoms with Crippen LogP contribution in [0.2, 0.25) is 18.1 Å². The molecule has 2 N–H and O–H groups in total. The second kappa shape index (κ2) is 9.51. The smallest absolute Gasteiger partial charge is 0.323 e. The van der Waals surface area contributed by atoms with E-state index in [2.05, 4.69) is 50.9 Å². The first-order chi connectivity index (χ1) is 13.7. The van der Waals surface area contributed by atoms with Crippen molar-refractivity contribution in [1.82, 2.24) is 4.90 Å². The molecule has 1 heterocycles. The zero-order valence-corrected chi connectivity index (χ0v) is 21.2. The van der Waals surface area contributed by atoms with Gasteiger partial charge in [-0.1, -0.05) is 51.1 Å². The van der Waals surface area contributed by atoms with Gasteiger partial charge in [0.1, 0.15) is 11.6 Å². The minimum Gasteiger partial charge on any atom is -0.459 e. The second-order valence-electron chi connectivity index (χ2n) is 11.1. The van der Waals surface area contributed by atoms with Gasteiger partial charge in [-0.25, -0.2) is 0 Å². The van der Waals surface area contributed by atoms with Crippen LogP contribution >= 0.6 is 0 Å². The summed E-state index contributed by atoms with van der Waals surface area (Å²) in [5.74, 6) is 0.0528. The van der Waals surface area contributed by atoms with Gasteiger partial charge in [-0.3, -0.25) is 9.69 Å². The minimum atomic E-state index is -1.87. The van der Waals surface area contributed by atoms with E-state index in [0.717, 1.165) is 6.42 Å². The Labute approximate surface area is 184 Å². The lowest BCUT2D eigenvalue weighted by Gasteiger charge is -2.38. The van der Waals surface area contributed by atoms with E-state index < -0.39 is 13.9 Å². The van der Waals surface area contributed by atoms with E-state index in [9.17, 15) is 4.79 Å². The summed E-state index contributed by atoms with van der Waals surface area (Å²) in [7, 11) is -1.87. The highest BCUT2D eigenvalue weighted by Crippen LogP contribution is 2.39. The summed E-state index contributed by atoms with van der Waals surface area (Å²) in [6.45, 7) is 18.9. The number of nitrogens with zero attached hydrogens (tertiary/aromatic N) is 1. The molecule has 1 aliphatic heterocycles. The number of hydrogen-bond acceptors (Lipinski definition) is 5. The zero-order chi connectivity index (χ0) is 22.7. The van der Waals surface area contributed by atoms with Crippen LogP contribution in [0.5, 0.6) is 0 Å². The summed E-state index contributed by atoms with van der Waals surface area (Å²) in [5, 5.41) is 0.151. The van der Waals surface area contributed by atoms with Crippen molar-refractivity contribution in [2.45, 2.75) is 90.3 Å². The van der Waals surface area contributed by atoms with Crippen molar-refractivity contribution in [3.05, 3.63) is 35.9 Å². The molecule has 0 bridgehead atoms. The van der Waals surface area contributed by atoms with Gasteiger partial charge in [-0.2, -0.15) is 0 Å². The van der Waals surface area contributed by atoms with E-state index >= 15 is 0 Å². The van der Waals surface area contributed by atoms with E-state index in [-0.39, 0.29) is 29.0 Å². The Hall–Kier alpha value is -1.21. The second-order valence-corrected chi connectivity index (χ2v) is 15.9. The number of esters is 1. The number of rotatable bonds is 7. The quantitative estimate of drug-likeness (QED) is 0.503. The molecule has 3 atom stereocenters. The van der Waals surface area contributed by atoms with E-state index in [1.165, 1.54) is 5.56 Å². The Morgan fingerprint density at radius 1 is 1.13 bits per heavy atom. The minimum absolute atomic E-state index is 0.0903. The van der Waals surface area contributed by atoms with E-state index in [0.29, 0.717) is 19.7 Å². The molecule has 1 aliphatic rings. The summed E-state index contributed by atoms with van der Waals surface area (Å²) in [6.07, 6.45) is 0.720. The van der Waals surface area contributed by atoms with Crippen LogP contribution in [0, 0.1) is 5.92 Å². The molecule has 0 spiro atoms. The molecule has 0 saturated carbocycles. The first-order valence-corrected chi connectivity index (χ1v) is 14.0. The van der Waals surface area contributed by atoms with Gasteiger partial charge in [0.2, 0.25) is 0 Å². The van der Waals surface area contributed by atoms with Crippen LogP contribution in [0.4, 0.5) is 0 Å². The molecule has 30 heavy (non-hydrogen) atoms. The van der Waals surface area contributed by atoms with Gasteiger partial charge in [-0.05, 0) is 56.8 Å². The Morgan fingerprint density at radius 3 is 2.23 bits per heavy atom. The monoisotopic (exact) mass is 434 g/mol. The summed E-state index contributed by atoms with van der Waals surface area (Å²) < 4.78 is 12.3. The van der Waals surface area contributed by atoms with Crippen LogP contribution in [0.15, 0.2) is 30.3 Å². The molecule has 1 saturated heterocycles. The average molecular weight is 435 g/mol. The van der Waals surface area contributed by atoms with E-state index in [4.69, 9.17) is 14.9 Å². The van der Waals surface area contributed by atoms with Crippen molar-refractivity contribution in [3.63, 3.8) is 0 Å². The van der Waals surface area contributed by atoms with E-state index in [1.54, 1.807) is 0 Å². The number of likely N-dealkylation sites (tertiary alicyclic amines) is 1. The SMILES string of the molecule is CC(C)(C)OC(=O)C1C[C@@H](CO[Si](C)(C)C(C)(C)C)[C@H](CN)N1Cc1ccccc1. The molecule has 5 nitrogen and oxygen atoms in total. The standard InChI is InChI=1S/C24H42N2O3Si/c1-23(2,3)29-22(27)20-14-19(17-28-30(7,8)24(4,5)6)21(15-25)26(20)16-18-12-10-9-11-13-18/h9-13,19-21H,14-17,25H2,1-8H3/t19-,20?,21-/m0/s1. The Bertz CT molecular complexity index is 695. The van der Waals surface area contributed by atoms with Gasteiger partial charge in [0, 0.05) is 25.7 Å². The molecule has 0 amide bonds. The predicted octanol–water partition coefficient (Wildman–Crippen LogP) is 4.57. The fourth-order valence-electron chi connectivity index (χ4n) is 3.74. The van der Waals surface area contributed by atoms with E-state index in [1.807, 2.05) is 39.0 Å². The topological polar surface area (TPSA) is 64.8 Å². The molecule has 2 rings (SSSR count). The molecule has 0 aliphatic carbocycles. The van der Waals surface area contributed by atoms with Gasteiger partial charge in [0.15, 0.2) is 8.32 Å². The highest BCUT2D eigenvalue weighted by Gasteiger charge is 2.46. The van der Waals surface area contributed by atoms with Gasteiger partial charge >= 0.3 is 5.97 Å². The van der Waals surface area contributed by atoms with Gasteiger partial charge in [0.25, 0.3) is 0 Å². The number of nitrogens with two attached hydrogens (primary N) is 1. The summed E-state index contributed by atoms with van der Waals surface area (Å²) in [5.41, 5.74) is 6.91. The lowest BCUT2D eigenvalue weighted by atomic mass is 10.00. The lowest BCUT2D eigenvalue weighted by molar-refractivity contribution is -0.161. The molecule has 1 aromatic rings. The van der Waals surface area contributed by atoms with Crippen molar-refractivity contribution in [2.24, 2.45) is 11.7 Å². The van der Waals surface area contributed by atoms with Crippen LogP contribution in [-0.4, -0.2) is 50.0 Å². The van der Waals surface area contributed by atoms with Crippen molar-refractivity contribution in [3.8, 4) is 0 Å². The number of carbonyl (C=O) groups excluding carboxylic acids is 1. The number of ether oxygens (including phenoxy) is 1.